The minimum absolute atomic E-state index is 0.0551. The highest BCUT2D eigenvalue weighted by Crippen LogP contribution is 2.47. The van der Waals surface area contributed by atoms with E-state index in [1.807, 2.05) is 29.7 Å². The van der Waals surface area contributed by atoms with E-state index in [4.69, 9.17) is 0 Å². The standard InChI is InChI=1S/C20H19F2N3/c1-12-7-5-9-14-16(12)20(21,22)19(3,4)24-18(14)25-11-23-17-13(2)8-6-10-15(17)25/h5-11H,1-4H3. The van der Waals surface area contributed by atoms with Crippen LogP contribution in [0, 0.1) is 13.8 Å². The molecule has 1 aliphatic heterocycles. The van der Waals surface area contributed by atoms with Gasteiger partial charge in [-0.05, 0) is 44.9 Å². The number of rotatable bonds is 0. The van der Waals surface area contributed by atoms with Crippen LogP contribution < -0.4 is 0 Å². The normalized spacial score (nSPS) is 18.1. The molecule has 1 aromatic heterocycles. The van der Waals surface area contributed by atoms with E-state index in [-0.39, 0.29) is 5.56 Å². The zero-order valence-electron chi connectivity index (χ0n) is 14.6. The molecule has 0 saturated heterocycles. The minimum Gasteiger partial charge on any atom is -0.283 e. The number of aliphatic imine (C=N–C) groups is 1. The lowest BCUT2D eigenvalue weighted by atomic mass is 9.82. The van der Waals surface area contributed by atoms with Crippen molar-refractivity contribution in [1.82, 2.24) is 9.55 Å². The molecule has 0 N–H and O–H groups in total. The van der Waals surface area contributed by atoms with E-state index in [1.54, 1.807) is 31.5 Å². The lowest BCUT2D eigenvalue weighted by molar-refractivity contribution is -0.0689. The molecule has 0 aliphatic carbocycles. The number of aryl methyl sites for hydroxylation is 2. The molecule has 3 nitrogen and oxygen atoms in total. The Morgan fingerprint density at radius 3 is 2.40 bits per heavy atom. The van der Waals surface area contributed by atoms with E-state index in [0.717, 1.165) is 16.6 Å². The van der Waals surface area contributed by atoms with Gasteiger partial charge in [-0.15, -0.1) is 0 Å². The predicted molar refractivity (Wildman–Crippen MR) is 95.6 cm³/mol. The summed E-state index contributed by atoms with van der Waals surface area (Å²) in [5.41, 5.74) is 2.32. The van der Waals surface area contributed by atoms with Crippen molar-refractivity contribution in [3.05, 3.63) is 65.0 Å². The topological polar surface area (TPSA) is 30.2 Å². The third-order valence-electron chi connectivity index (χ3n) is 4.99. The highest BCUT2D eigenvalue weighted by Gasteiger charge is 2.53. The lowest BCUT2D eigenvalue weighted by Gasteiger charge is -2.38. The number of para-hydroxylation sites is 1. The fourth-order valence-corrected chi connectivity index (χ4v) is 3.51. The molecule has 2 aromatic carbocycles. The highest BCUT2D eigenvalue weighted by molar-refractivity contribution is 6.07. The fourth-order valence-electron chi connectivity index (χ4n) is 3.51. The van der Waals surface area contributed by atoms with Gasteiger partial charge < -0.3 is 0 Å². The Hall–Kier alpha value is -2.56. The molecule has 0 unspecified atom stereocenters. The highest BCUT2D eigenvalue weighted by atomic mass is 19.3. The summed E-state index contributed by atoms with van der Waals surface area (Å²) in [6, 6.07) is 11.1. The number of imidazole rings is 1. The van der Waals surface area contributed by atoms with Crippen molar-refractivity contribution in [2.45, 2.75) is 39.2 Å². The summed E-state index contributed by atoms with van der Waals surface area (Å²) in [7, 11) is 0. The number of alkyl halides is 2. The molecule has 0 saturated carbocycles. The average molecular weight is 339 g/mol. The summed E-state index contributed by atoms with van der Waals surface area (Å²) in [5.74, 6) is -2.52. The van der Waals surface area contributed by atoms with Gasteiger partial charge in [-0.1, -0.05) is 30.3 Å². The van der Waals surface area contributed by atoms with Crippen LogP contribution in [0.2, 0.25) is 0 Å². The van der Waals surface area contributed by atoms with E-state index in [2.05, 4.69) is 9.98 Å². The number of nitrogens with zero attached hydrogens (tertiary/aromatic N) is 3. The molecule has 128 valence electrons. The molecule has 0 bridgehead atoms. The molecule has 4 rings (SSSR count). The van der Waals surface area contributed by atoms with Crippen LogP contribution in [0.5, 0.6) is 0 Å². The molecule has 5 heteroatoms. The number of halogens is 2. The van der Waals surface area contributed by atoms with Crippen molar-refractivity contribution >= 4 is 16.9 Å². The van der Waals surface area contributed by atoms with Gasteiger partial charge in [-0.2, -0.15) is 8.78 Å². The maximum absolute atomic E-state index is 15.1. The SMILES string of the molecule is Cc1cccc2c1C(F)(F)C(C)(C)N=C2n1cnc2c(C)cccc21. The van der Waals surface area contributed by atoms with E-state index in [1.165, 1.54) is 13.8 Å². The summed E-state index contributed by atoms with van der Waals surface area (Å²) >= 11 is 0. The average Bonchev–Trinajstić information content (AvgIpc) is 2.96. The number of hydrogen-bond donors (Lipinski definition) is 0. The van der Waals surface area contributed by atoms with Gasteiger partial charge in [-0.25, -0.2) is 4.98 Å². The summed E-state index contributed by atoms with van der Waals surface area (Å²) < 4.78 is 32.0. The molecule has 25 heavy (non-hydrogen) atoms. The van der Waals surface area contributed by atoms with Crippen LogP contribution in [0.15, 0.2) is 47.7 Å². The Bertz CT molecular complexity index is 1030. The van der Waals surface area contributed by atoms with E-state index in [9.17, 15) is 0 Å². The second-order valence-electron chi connectivity index (χ2n) is 7.12. The van der Waals surface area contributed by atoms with Crippen LogP contribution in [0.25, 0.3) is 11.0 Å². The summed E-state index contributed by atoms with van der Waals surface area (Å²) in [6.45, 7) is 6.67. The Labute approximate surface area is 145 Å². The smallest absolute Gasteiger partial charge is 0.283 e. The maximum Gasteiger partial charge on any atom is 0.298 e. The van der Waals surface area contributed by atoms with E-state index >= 15 is 8.78 Å². The quantitative estimate of drug-likeness (QED) is 0.577. The van der Waals surface area contributed by atoms with Gasteiger partial charge in [0.05, 0.1) is 11.0 Å². The minimum atomic E-state index is -3.04. The zero-order chi connectivity index (χ0) is 18.0. The maximum atomic E-state index is 15.1. The lowest BCUT2D eigenvalue weighted by Crippen LogP contribution is -2.45. The Kier molecular flexibility index (Phi) is 3.17. The number of benzene rings is 2. The molecule has 3 aromatic rings. The summed E-state index contributed by atoms with van der Waals surface area (Å²) in [5, 5.41) is 0. The van der Waals surface area contributed by atoms with Crippen LogP contribution >= 0.6 is 0 Å². The van der Waals surface area contributed by atoms with Gasteiger partial charge in [0.15, 0.2) is 0 Å². The third kappa shape index (κ3) is 2.08. The number of hydrogen-bond acceptors (Lipinski definition) is 2. The van der Waals surface area contributed by atoms with Crippen molar-refractivity contribution < 1.29 is 8.78 Å². The van der Waals surface area contributed by atoms with Crippen molar-refractivity contribution in [3.8, 4) is 0 Å². The molecular formula is C20H19F2N3. The third-order valence-corrected chi connectivity index (χ3v) is 4.99. The van der Waals surface area contributed by atoms with E-state index < -0.39 is 11.5 Å². The van der Waals surface area contributed by atoms with Crippen LogP contribution in [0.4, 0.5) is 8.78 Å². The van der Waals surface area contributed by atoms with Gasteiger partial charge in [0, 0.05) is 11.1 Å². The monoisotopic (exact) mass is 339 g/mol. The molecule has 2 heterocycles. The van der Waals surface area contributed by atoms with Gasteiger partial charge in [-0.3, -0.25) is 9.56 Å². The number of aromatic nitrogens is 2. The number of fused-ring (bicyclic) bond motifs is 2. The Morgan fingerprint density at radius 2 is 1.64 bits per heavy atom. The van der Waals surface area contributed by atoms with Crippen LogP contribution in [0.3, 0.4) is 0 Å². The molecule has 0 radical (unpaired) electrons. The van der Waals surface area contributed by atoms with Crippen LogP contribution in [-0.2, 0) is 5.92 Å². The zero-order valence-corrected chi connectivity index (χ0v) is 14.6. The molecule has 1 aliphatic rings. The second-order valence-corrected chi connectivity index (χ2v) is 7.12. The van der Waals surface area contributed by atoms with E-state index in [0.29, 0.717) is 17.0 Å². The van der Waals surface area contributed by atoms with Gasteiger partial charge >= 0.3 is 0 Å². The first-order chi connectivity index (χ1) is 11.7. The Morgan fingerprint density at radius 1 is 0.960 bits per heavy atom. The predicted octanol–water partition coefficient (Wildman–Crippen LogP) is 4.83. The van der Waals surface area contributed by atoms with Gasteiger partial charge in [0.25, 0.3) is 5.92 Å². The second kappa shape index (κ2) is 4.97. The summed E-state index contributed by atoms with van der Waals surface area (Å²) in [6.07, 6.45) is 1.67. The molecule has 0 amide bonds. The van der Waals surface area contributed by atoms with Gasteiger partial charge in [0.1, 0.15) is 17.7 Å². The molecule has 0 fully saturated rings. The van der Waals surface area contributed by atoms with Crippen molar-refractivity contribution in [2.24, 2.45) is 4.99 Å². The molecular weight excluding hydrogens is 320 g/mol. The van der Waals surface area contributed by atoms with Crippen LogP contribution in [0.1, 0.15) is 36.1 Å². The first kappa shape index (κ1) is 15.9. The van der Waals surface area contributed by atoms with Crippen LogP contribution in [-0.4, -0.2) is 20.9 Å². The largest absolute Gasteiger partial charge is 0.298 e. The first-order valence-electron chi connectivity index (χ1n) is 8.25. The van der Waals surface area contributed by atoms with Gasteiger partial charge in [0.2, 0.25) is 0 Å². The summed E-state index contributed by atoms with van der Waals surface area (Å²) in [4.78, 5) is 8.93. The molecule has 0 spiro atoms. The van der Waals surface area contributed by atoms with Crippen molar-refractivity contribution in [1.29, 1.82) is 0 Å². The fraction of sp³-hybridized carbons (Fsp3) is 0.300. The molecule has 0 atom stereocenters. The first-order valence-corrected chi connectivity index (χ1v) is 8.25. The van der Waals surface area contributed by atoms with Crippen molar-refractivity contribution in [2.75, 3.05) is 0 Å². The van der Waals surface area contributed by atoms with Crippen molar-refractivity contribution in [3.63, 3.8) is 0 Å². The Balaban J connectivity index is 2.07.